The average Bonchev–Trinajstić information content (AvgIpc) is 3.17. The third-order valence-corrected chi connectivity index (χ3v) is 3.70. The number of halogens is 1. The molecule has 3 rings (SSSR count). The number of hydrogen-bond donors (Lipinski definition) is 1. The van der Waals surface area contributed by atoms with Crippen molar-refractivity contribution in [3.05, 3.63) is 64.7 Å². The number of nitrogens with one attached hydrogen (secondary N) is 1. The minimum atomic E-state index is -0.185. The predicted molar refractivity (Wildman–Crippen MR) is 92.7 cm³/mol. The fraction of sp³-hybridized carbons (Fsp3) is 0.188. The number of hydrogen-bond acceptors (Lipinski definition) is 4. The standard InChI is InChI=1S/C16H16BrN5O2/c1-24-11-22-10-15(7-19-22)20-16(23)13-4-2-3-12(5-13)8-21-9-14(17)6-18-21/h2-7,9-10H,8,11H2,1H3,(H,20,23). The van der Waals surface area contributed by atoms with Gasteiger partial charge in [0.2, 0.25) is 0 Å². The topological polar surface area (TPSA) is 74.0 Å². The van der Waals surface area contributed by atoms with Gasteiger partial charge in [0.1, 0.15) is 6.73 Å². The molecule has 0 spiro atoms. The van der Waals surface area contributed by atoms with E-state index in [0.717, 1.165) is 10.0 Å². The van der Waals surface area contributed by atoms with Crippen LogP contribution in [0.5, 0.6) is 0 Å². The fourth-order valence-electron chi connectivity index (χ4n) is 2.26. The van der Waals surface area contributed by atoms with Gasteiger partial charge < -0.3 is 10.1 Å². The predicted octanol–water partition coefficient (Wildman–Crippen LogP) is 2.75. The first-order valence-corrected chi connectivity index (χ1v) is 8.03. The highest BCUT2D eigenvalue weighted by atomic mass is 79.9. The third-order valence-electron chi connectivity index (χ3n) is 3.29. The lowest BCUT2D eigenvalue weighted by atomic mass is 10.1. The Morgan fingerprint density at radius 2 is 2.08 bits per heavy atom. The number of rotatable bonds is 6. The van der Waals surface area contributed by atoms with Crippen molar-refractivity contribution >= 4 is 27.5 Å². The van der Waals surface area contributed by atoms with Crippen molar-refractivity contribution in [2.45, 2.75) is 13.3 Å². The van der Waals surface area contributed by atoms with Crippen LogP contribution in [0.2, 0.25) is 0 Å². The monoisotopic (exact) mass is 389 g/mol. The van der Waals surface area contributed by atoms with Gasteiger partial charge in [-0.1, -0.05) is 12.1 Å². The van der Waals surface area contributed by atoms with Crippen LogP contribution in [0.3, 0.4) is 0 Å². The summed E-state index contributed by atoms with van der Waals surface area (Å²) in [7, 11) is 1.59. The molecule has 0 fully saturated rings. The van der Waals surface area contributed by atoms with Crippen LogP contribution in [0.1, 0.15) is 15.9 Å². The van der Waals surface area contributed by atoms with Crippen molar-refractivity contribution in [2.24, 2.45) is 0 Å². The number of benzene rings is 1. The Labute approximate surface area is 147 Å². The summed E-state index contributed by atoms with van der Waals surface area (Å²) in [6.07, 6.45) is 6.92. The summed E-state index contributed by atoms with van der Waals surface area (Å²) in [4.78, 5) is 12.4. The summed E-state index contributed by atoms with van der Waals surface area (Å²) in [5.41, 5.74) is 2.20. The zero-order valence-corrected chi connectivity index (χ0v) is 14.6. The maximum absolute atomic E-state index is 12.4. The van der Waals surface area contributed by atoms with Crippen molar-refractivity contribution < 1.29 is 9.53 Å². The minimum Gasteiger partial charge on any atom is -0.362 e. The number of nitrogens with zero attached hydrogens (tertiary/aromatic N) is 4. The van der Waals surface area contributed by atoms with Gasteiger partial charge in [-0.25, -0.2) is 4.68 Å². The summed E-state index contributed by atoms with van der Waals surface area (Å²) in [5, 5.41) is 11.1. The molecule has 1 aromatic carbocycles. The van der Waals surface area contributed by atoms with E-state index >= 15 is 0 Å². The molecular weight excluding hydrogens is 374 g/mol. The fourth-order valence-corrected chi connectivity index (χ4v) is 2.58. The molecule has 2 heterocycles. The quantitative estimate of drug-likeness (QED) is 0.703. The number of carbonyl (C=O) groups is 1. The molecule has 0 unspecified atom stereocenters. The van der Waals surface area contributed by atoms with Crippen LogP contribution in [0.15, 0.2) is 53.5 Å². The third kappa shape index (κ3) is 4.09. The molecule has 1 N–H and O–H groups in total. The van der Waals surface area contributed by atoms with Gasteiger partial charge in [-0.2, -0.15) is 10.2 Å². The Morgan fingerprint density at radius 1 is 1.25 bits per heavy atom. The lowest BCUT2D eigenvalue weighted by Crippen LogP contribution is -2.12. The summed E-state index contributed by atoms with van der Waals surface area (Å²) in [5.74, 6) is -0.185. The second-order valence-corrected chi connectivity index (χ2v) is 6.11. The van der Waals surface area contributed by atoms with Gasteiger partial charge in [0.25, 0.3) is 5.91 Å². The van der Waals surface area contributed by atoms with Gasteiger partial charge in [0.15, 0.2) is 0 Å². The Morgan fingerprint density at radius 3 is 2.83 bits per heavy atom. The second kappa shape index (κ2) is 7.41. The van der Waals surface area contributed by atoms with Crippen LogP contribution in [0, 0.1) is 0 Å². The second-order valence-electron chi connectivity index (χ2n) is 5.20. The van der Waals surface area contributed by atoms with E-state index in [1.807, 2.05) is 24.4 Å². The van der Waals surface area contributed by atoms with E-state index in [9.17, 15) is 4.79 Å². The largest absolute Gasteiger partial charge is 0.362 e. The first-order valence-electron chi connectivity index (χ1n) is 7.23. The Balaban J connectivity index is 1.69. The minimum absolute atomic E-state index is 0.185. The molecule has 24 heavy (non-hydrogen) atoms. The van der Waals surface area contributed by atoms with E-state index < -0.39 is 0 Å². The van der Waals surface area contributed by atoms with E-state index in [1.165, 1.54) is 0 Å². The molecule has 7 nitrogen and oxygen atoms in total. The highest BCUT2D eigenvalue weighted by molar-refractivity contribution is 9.10. The molecule has 0 bridgehead atoms. The van der Waals surface area contributed by atoms with E-state index in [2.05, 4.69) is 31.4 Å². The first-order chi connectivity index (χ1) is 11.6. The van der Waals surface area contributed by atoms with E-state index in [0.29, 0.717) is 24.5 Å². The lowest BCUT2D eigenvalue weighted by Gasteiger charge is -2.06. The molecule has 3 aromatic rings. The normalized spacial score (nSPS) is 10.8. The molecule has 0 aliphatic rings. The number of ether oxygens (including phenoxy) is 1. The molecule has 0 aliphatic heterocycles. The van der Waals surface area contributed by atoms with Crippen molar-refractivity contribution in [3.63, 3.8) is 0 Å². The molecule has 2 aromatic heterocycles. The van der Waals surface area contributed by atoms with Gasteiger partial charge in [-0.15, -0.1) is 0 Å². The van der Waals surface area contributed by atoms with Crippen molar-refractivity contribution in [1.82, 2.24) is 19.6 Å². The number of carbonyl (C=O) groups excluding carboxylic acids is 1. The average molecular weight is 390 g/mol. The van der Waals surface area contributed by atoms with Crippen LogP contribution in [-0.4, -0.2) is 32.6 Å². The van der Waals surface area contributed by atoms with E-state index in [-0.39, 0.29) is 5.91 Å². The molecule has 0 saturated carbocycles. The highest BCUT2D eigenvalue weighted by Crippen LogP contribution is 2.13. The van der Waals surface area contributed by atoms with E-state index in [4.69, 9.17) is 4.74 Å². The molecular formula is C16H16BrN5O2. The molecule has 0 aliphatic carbocycles. The molecule has 0 atom stereocenters. The van der Waals surface area contributed by atoms with Gasteiger partial charge in [-0.3, -0.25) is 9.48 Å². The van der Waals surface area contributed by atoms with E-state index in [1.54, 1.807) is 41.1 Å². The van der Waals surface area contributed by atoms with Gasteiger partial charge in [-0.05, 0) is 33.6 Å². The van der Waals surface area contributed by atoms with Crippen LogP contribution in [0.4, 0.5) is 5.69 Å². The summed E-state index contributed by atoms with van der Waals surface area (Å²) in [6, 6.07) is 7.45. The zero-order valence-electron chi connectivity index (χ0n) is 13.0. The van der Waals surface area contributed by atoms with Crippen LogP contribution in [0.25, 0.3) is 0 Å². The molecule has 0 saturated heterocycles. The van der Waals surface area contributed by atoms with Crippen LogP contribution in [-0.2, 0) is 18.0 Å². The molecule has 1 amide bonds. The van der Waals surface area contributed by atoms with Crippen LogP contribution >= 0.6 is 15.9 Å². The van der Waals surface area contributed by atoms with Gasteiger partial charge >= 0.3 is 0 Å². The Hall–Kier alpha value is -2.45. The zero-order chi connectivity index (χ0) is 16.9. The van der Waals surface area contributed by atoms with Crippen molar-refractivity contribution in [2.75, 3.05) is 12.4 Å². The molecule has 0 radical (unpaired) electrons. The number of aromatic nitrogens is 4. The lowest BCUT2D eigenvalue weighted by molar-refractivity contribution is 0.102. The maximum atomic E-state index is 12.4. The van der Waals surface area contributed by atoms with Crippen LogP contribution < -0.4 is 5.32 Å². The number of amides is 1. The SMILES string of the molecule is COCn1cc(NC(=O)c2cccc(Cn3cc(Br)cn3)c2)cn1. The van der Waals surface area contributed by atoms with Gasteiger partial charge in [0, 0.05) is 18.9 Å². The molecule has 8 heteroatoms. The maximum Gasteiger partial charge on any atom is 0.255 e. The molecule has 124 valence electrons. The van der Waals surface area contributed by atoms with Gasteiger partial charge in [0.05, 0.1) is 35.3 Å². The Kier molecular flexibility index (Phi) is 5.07. The number of methoxy groups -OCH3 is 1. The smallest absolute Gasteiger partial charge is 0.255 e. The number of anilines is 1. The summed E-state index contributed by atoms with van der Waals surface area (Å²) < 4.78 is 9.30. The highest BCUT2D eigenvalue weighted by Gasteiger charge is 2.09. The van der Waals surface area contributed by atoms with Crippen molar-refractivity contribution in [1.29, 1.82) is 0 Å². The first kappa shape index (κ1) is 16.4. The van der Waals surface area contributed by atoms with Crippen molar-refractivity contribution in [3.8, 4) is 0 Å². The summed E-state index contributed by atoms with van der Waals surface area (Å²) >= 11 is 3.37. The Bertz CT molecular complexity index is 842. The summed E-state index contributed by atoms with van der Waals surface area (Å²) in [6.45, 7) is 0.934.